The van der Waals surface area contributed by atoms with Crippen molar-refractivity contribution in [2.24, 2.45) is 11.7 Å². The standard InChI is InChI=1S/C20H17N3O3/c21-17-11-10-15(20(24)13-6-2-1-3-7-13)16(19(17)22)12-14-8-4-5-9-18(14)23(25)26/h1-11,16,22H,12,21H2. The molecule has 3 N–H and O–H groups in total. The van der Waals surface area contributed by atoms with Crippen LogP contribution in [0.25, 0.3) is 0 Å². The summed E-state index contributed by atoms with van der Waals surface area (Å²) in [5.74, 6) is -0.837. The first-order valence-corrected chi connectivity index (χ1v) is 8.07. The Balaban J connectivity index is 2.00. The molecule has 0 fully saturated rings. The first-order chi connectivity index (χ1) is 12.5. The third-order valence-corrected chi connectivity index (χ3v) is 4.39. The molecule has 6 nitrogen and oxygen atoms in total. The van der Waals surface area contributed by atoms with Crippen molar-refractivity contribution in [1.82, 2.24) is 0 Å². The highest BCUT2D eigenvalue weighted by Gasteiger charge is 2.31. The van der Waals surface area contributed by atoms with Crippen LogP contribution in [-0.2, 0) is 6.42 Å². The van der Waals surface area contributed by atoms with Crippen LogP contribution in [0.2, 0.25) is 0 Å². The van der Waals surface area contributed by atoms with E-state index >= 15 is 0 Å². The summed E-state index contributed by atoms with van der Waals surface area (Å²) in [6, 6.07) is 15.1. The highest BCUT2D eigenvalue weighted by molar-refractivity contribution is 6.16. The lowest BCUT2D eigenvalue weighted by molar-refractivity contribution is -0.385. The van der Waals surface area contributed by atoms with Gasteiger partial charge in [-0.2, -0.15) is 0 Å². The van der Waals surface area contributed by atoms with Crippen LogP contribution in [0.4, 0.5) is 5.69 Å². The Morgan fingerprint density at radius 2 is 1.73 bits per heavy atom. The van der Waals surface area contributed by atoms with Crippen LogP contribution in [0.15, 0.2) is 78.0 Å². The van der Waals surface area contributed by atoms with Crippen molar-refractivity contribution in [2.45, 2.75) is 6.42 Å². The number of benzene rings is 2. The summed E-state index contributed by atoms with van der Waals surface area (Å²) in [6.45, 7) is 0. The number of nitrogens with one attached hydrogen (secondary N) is 1. The summed E-state index contributed by atoms with van der Waals surface area (Å²) in [7, 11) is 0. The highest BCUT2D eigenvalue weighted by atomic mass is 16.6. The molecule has 0 bridgehead atoms. The number of rotatable bonds is 5. The zero-order valence-electron chi connectivity index (χ0n) is 13.9. The van der Waals surface area contributed by atoms with Gasteiger partial charge in [-0.15, -0.1) is 0 Å². The first kappa shape index (κ1) is 17.3. The molecule has 0 amide bonds. The van der Waals surface area contributed by atoms with Gasteiger partial charge in [0.1, 0.15) is 0 Å². The molecule has 0 spiro atoms. The van der Waals surface area contributed by atoms with Crippen LogP contribution in [-0.4, -0.2) is 16.4 Å². The van der Waals surface area contributed by atoms with Crippen LogP contribution in [0.1, 0.15) is 15.9 Å². The van der Waals surface area contributed by atoms with Crippen molar-refractivity contribution in [3.05, 3.63) is 99.3 Å². The number of carbonyl (C=O) groups is 1. The van der Waals surface area contributed by atoms with Gasteiger partial charge in [-0.3, -0.25) is 14.9 Å². The van der Waals surface area contributed by atoms with E-state index in [1.165, 1.54) is 12.1 Å². The summed E-state index contributed by atoms with van der Waals surface area (Å²) < 4.78 is 0. The minimum absolute atomic E-state index is 0.0278. The van der Waals surface area contributed by atoms with Crippen molar-refractivity contribution in [3.63, 3.8) is 0 Å². The summed E-state index contributed by atoms with van der Waals surface area (Å²) in [6.07, 6.45) is 3.31. The van der Waals surface area contributed by atoms with Crippen LogP contribution < -0.4 is 5.73 Å². The second-order valence-corrected chi connectivity index (χ2v) is 6.00. The van der Waals surface area contributed by atoms with E-state index in [2.05, 4.69) is 0 Å². The molecule has 0 saturated heterocycles. The molecule has 1 aliphatic carbocycles. The van der Waals surface area contributed by atoms with Gasteiger partial charge in [-0.25, -0.2) is 0 Å². The molecular weight excluding hydrogens is 330 g/mol. The number of nitrogens with two attached hydrogens (primary N) is 1. The molecule has 1 aliphatic rings. The van der Waals surface area contributed by atoms with E-state index in [0.717, 1.165) is 0 Å². The summed E-state index contributed by atoms with van der Waals surface area (Å²) in [5.41, 5.74) is 7.59. The van der Waals surface area contributed by atoms with Crippen molar-refractivity contribution in [3.8, 4) is 0 Å². The lowest BCUT2D eigenvalue weighted by Crippen LogP contribution is -2.30. The van der Waals surface area contributed by atoms with Crippen molar-refractivity contribution in [1.29, 1.82) is 5.41 Å². The molecule has 0 saturated carbocycles. The Bertz CT molecular complexity index is 946. The fraction of sp³-hybridized carbons (Fsp3) is 0.100. The maximum absolute atomic E-state index is 12.9. The van der Waals surface area contributed by atoms with Gasteiger partial charge < -0.3 is 11.1 Å². The van der Waals surface area contributed by atoms with Gasteiger partial charge in [0.2, 0.25) is 0 Å². The van der Waals surface area contributed by atoms with Crippen LogP contribution in [0, 0.1) is 21.4 Å². The van der Waals surface area contributed by atoms with Crippen molar-refractivity contribution < 1.29 is 9.72 Å². The number of nitro benzene ring substituents is 1. The van der Waals surface area contributed by atoms with Gasteiger partial charge in [0, 0.05) is 28.7 Å². The molecule has 1 atom stereocenters. The molecule has 130 valence electrons. The largest absolute Gasteiger partial charge is 0.397 e. The quantitative estimate of drug-likeness (QED) is 0.490. The molecule has 0 heterocycles. The first-order valence-electron chi connectivity index (χ1n) is 8.07. The Hall–Kier alpha value is -3.54. The van der Waals surface area contributed by atoms with Gasteiger partial charge in [-0.1, -0.05) is 54.6 Å². The van der Waals surface area contributed by atoms with Crippen LogP contribution in [0.3, 0.4) is 0 Å². The predicted octanol–water partition coefficient (Wildman–Crippen LogP) is 3.44. The lowest BCUT2D eigenvalue weighted by atomic mass is 9.80. The molecule has 2 aromatic carbocycles. The Morgan fingerprint density at radius 3 is 2.42 bits per heavy atom. The minimum atomic E-state index is -0.631. The highest BCUT2D eigenvalue weighted by Crippen LogP contribution is 2.30. The topological polar surface area (TPSA) is 110 Å². The Kier molecular flexibility index (Phi) is 4.75. The molecule has 2 aromatic rings. The van der Waals surface area contributed by atoms with Gasteiger partial charge in [0.25, 0.3) is 5.69 Å². The van der Waals surface area contributed by atoms with E-state index in [-0.39, 0.29) is 29.3 Å². The fourth-order valence-electron chi connectivity index (χ4n) is 3.03. The van der Waals surface area contributed by atoms with Crippen molar-refractivity contribution >= 4 is 17.2 Å². The van der Waals surface area contributed by atoms with Gasteiger partial charge in [0.15, 0.2) is 5.78 Å². The van der Waals surface area contributed by atoms with E-state index in [1.54, 1.807) is 48.5 Å². The van der Waals surface area contributed by atoms with Crippen molar-refractivity contribution in [2.75, 3.05) is 0 Å². The Morgan fingerprint density at radius 1 is 1.08 bits per heavy atom. The normalized spacial score (nSPS) is 16.6. The fourth-order valence-corrected chi connectivity index (χ4v) is 3.03. The molecule has 26 heavy (non-hydrogen) atoms. The number of para-hydroxylation sites is 1. The summed E-state index contributed by atoms with van der Waals surface area (Å²) >= 11 is 0. The smallest absolute Gasteiger partial charge is 0.272 e. The average Bonchev–Trinajstić information content (AvgIpc) is 2.66. The second kappa shape index (κ2) is 7.14. The minimum Gasteiger partial charge on any atom is -0.397 e. The van der Waals surface area contributed by atoms with Gasteiger partial charge in [-0.05, 0) is 12.5 Å². The zero-order valence-corrected chi connectivity index (χ0v) is 13.9. The third kappa shape index (κ3) is 3.30. The third-order valence-electron chi connectivity index (χ3n) is 4.39. The van der Waals surface area contributed by atoms with E-state index in [9.17, 15) is 14.9 Å². The molecule has 3 rings (SSSR count). The predicted molar refractivity (Wildman–Crippen MR) is 99.1 cm³/mol. The number of allylic oxidation sites excluding steroid dienone is 4. The summed E-state index contributed by atoms with van der Waals surface area (Å²) in [5, 5.41) is 19.6. The van der Waals surface area contributed by atoms with E-state index in [0.29, 0.717) is 16.7 Å². The van der Waals surface area contributed by atoms with Gasteiger partial charge >= 0.3 is 0 Å². The molecular formula is C20H17N3O3. The maximum atomic E-state index is 12.9. The number of hydrogen-bond donors (Lipinski definition) is 2. The van der Waals surface area contributed by atoms with E-state index in [1.807, 2.05) is 6.07 Å². The van der Waals surface area contributed by atoms with Crippen LogP contribution >= 0.6 is 0 Å². The second-order valence-electron chi connectivity index (χ2n) is 6.00. The molecule has 6 heteroatoms. The number of hydrogen-bond acceptors (Lipinski definition) is 5. The number of Topliss-reactive ketones (excluding diaryl/α,β-unsaturated/α-hetero) is 1. The SMILES string of the molecule is N=C1C(N)=CC=C(C(=O)c2ccccc2)C1Cc1ccccc1[N+](=O)[O-]. The monoisotopic (exact) mass is 347 g/mol. The summed E-state index contributed by atoms with van der Waals surface area (Å²) in [4.78, 5) is 23.7. The van der Waals surface area contributed by atoms with E-state index < -0.39 is 10.8 Å². The average molecular weight is 347 g/mol. The number of nitrogens with zero attached hydrogens (tertiary/aromatic N) is 1. The number of carbonyl (C=O) groups excluding carboxylic acids is 1. The molecule has 0 aliphatic heterocycles. The zero-order chi connectivity index (χ0) is 18.7. The van der Waals surface area contributed by atoms with E-state index in [4.69, 9.17) is 11.1 Å². The maximum Gasteiger partial charge on any atom is 0.272 e. The van der Waals surface area contributed by atoms with Gasteiger partial charge in [0.05, 0.1) is 16.3 Å². The molecule has 0 radical (unpaired) electrons. The molecule has 0 aromatic heterocycles. The van der Waals surface area contributed by atoms with Crippen LogP contribution in [0.5, 0.6) is 0 Å². The number of nitro groups is 1. The lowest BCUT2D eigenvalue weighted by Gasteiger charge is -2.24. The molecule has 1 unspecified atom stereocenters. The number of ketones is 1. The Labute approximate surface area is 150 Å².